The molecule has 0 radical (unpaired) electrons. The maximum Gasteiger partial charge on any atom is 0.342 e. The van der Waals surface area contributed by atoms with Crippen LogP contribution in [0.2, 0.25) is 5.02 Å². The van der Waals surface area contributed by atoms with E-state index in [0.29, 0.717) is 5.02 Å². The Hall–Kier alpha value is -4.03. The second-order valence-electron chi connectivity index (χ2n) is 8.02. The molecule has 2 aromatic carbocycles. The lowest BCUT2D eigenvalue weighted by Gasteiger charge is -2.34. The molecule has 2 heterocycles. The number of hydrogen-bond donors (Lipinski definition) is 2. The van der Waals surface area contributed by atoms with Crippen LogP contribution in [0.4, 0.5) is 5.69 Å². The van der Waals surface area contributed by atoms with Crippen molar-refractivity contribution in [2.24, 2.45) is 0 Å². The first-order valence-electron chi connectivity index (χ1n) is 11.0. The number of esters is 1. The minimum Gasteiger partial charge on any atom is -0.507 e. The van der Waals surface area contributed by atoms with Crippen molar-refractivity contribution in [3.05, 3.63) is 77.2 Å². The van der Waals surface area contributed by atoms with Crippen LogP contribution in [0, 0.1) is 0 Å². The number of ether oxygens (including phenoxy) is 1. The van der Waals surface area contributed by atoms with Gasteiger partial charge in [0.05, 0.1) is 11.2 Å². The van der Waals surface area contributed by atoms with E-state index in [4.69, 9.17) is 20.8 Å². The average molecular weight is 548 g/mol. The number of nitrogens with zero attached hydrogens (tertiary/aromatic N) is 2. The van der Waals surface area contributed by atoms with Crippen LogP contribution in [-0.2, 0) is 19.6 Å². The molecule has 194 valence electrons. The van der Waals surface area contributed by atoms with Gasteiger partial charge in [0.25, 0.3) is 21.8 Å². The van der Waals surface area contributed by atoms with Crippen LogP contribution in [0.1, 0.15) is 20.9 Å². The number of carbonyl (C=O) groups is 3. The van der Waals surface area contributed by atoms with E-state index < -0.39 is 39.8 Å². The lowest BCUT2D eigenvalue weighted by molar-refractivity contribution is -0.136. The molecule has 1 aliphatic heterocycles. The number of sulfonamides is 1. The summed E-state index contributed by atoms with van der Waals surface area (Å²) in [6, 6.07) is 12.2. The number of nitrogens with one attached hydrogen (secondary N) is 1. The number of furan rings is 1. The van der Waals surface area contributed by atoms with E-state index in [0.717, 1.165) is 18.2 Å². The van der Waals surface area contributed by atoms with Crippen LogP contribution in [-0.4, -0.2) is 73.9 Å². The summed E-state index contributed by atoms with van der Waals surface area (Å²) in [7, 11) is -4.10. The predicted octanol–water partition coefficient (Wildman–Crippen LogP) is 2.58. The van der Waals surface area contributed by atoms with Crippen molar-refractivity contribution in [1.29, 1.82) is 0 Å². The molecule has 2 N–H and O–H groups in total. The fourth-order valence-corrected chi connectivity index (χ4v) is 4.80. The Labute approximate surface area is 217 Å². The van der Waals surface area contributed by atoms with E-state index >= 15 is 0 Å². The minimum atomic E-state index is -4.10. The number of carbonyl (C=O) groups excluding carboxylic acids is 3. The summed E-state index contributed by atoms with van der Waals surface area (Å²) < 4.78 is 37.9. The third-order valence-corrected chi connectivity index (χ3v) is 7.20. The first kappa shape index (κ1) is 26.0. The summed E-state index contributed by atoms with van der Waals surface area (Å²) in [5, 5.41) is 10.5. The third kappa shape index (κ3) is 6.22. The van der Waals surface area contributed by atoms with Gasteiger partial charge < -0.3 is 24.1 Å². The molecule has 0 bridgehead atoms. The normalized spacial score (nSPS) is 13.8. The van der Waals surface area contributed by atoms with Gasteiger partial charge in [0.2, 0.25) is 0 Å². The second-order valence-corrected chi connectivity index (χ2v) is 10.1. The van der Waals surface area contributed by atoms with Gasteiger partial charge in [0.1, 0.15) is 11.3 Å². The van der Waals surface area contributed by atoms with E-state index in [1.165, 1.54) is 35.4 Å². The van der Waals surface area contributed by atoms with Crippen LogP contribution >= 0.6 is 11.6 Å². The van der Waals surface area contributed by atoms with Crippen molar-refractivity contribution in [3.8, 4) is 5.75 Å². The van der Waals surface area contributed by atoms with Crippen molar-refractivity contribution in [2.45, 2.75) is 4.90 Å². The molecule has 1 aromatic heterocycles. The fraction of sp³-hybridized carbons (Fsp3) is 0.208. The van der Waals surface area contributed by atoms with E-state index in [1.54, 1.807) is 17.0 Å². The minimum absolute atomic E-state index is 0.209. The second kappa shape index (κ2) is 10.9. The lowest BCUT2D eigenvalue weighted by atomic mass is 10.2. The average Bonchev–Trinajstić information content (AvgIpc) is 3.43. The number of piperazine rings is 1. The molecule has 1 fully saturated rings. The van der Waals surface area contributed by atoms with Crippen LogP contribution in [0.5, 0.6) is 5.75 Å². The molecular formula is C24H22ClN3O8S. The summed E-state index contributed by atoms with van der Waals surface area (Å²) in [4.78, 5) is 40.1. The number of benzene rings is 2. The van der Waals surface area contributed by atoms with E-state index in [9.17, 15) is 27.9 Å². The molecule has 0 atom stereocenters. The van der Waals surface area contributed by atoms with Crippen molar-refractivity contribution in [2.75, 3.05) is 37.5 Å². The number of halogens is 1. The van der Waals surface area contributed by atoms with Gasteiger partial charge in [-0.1, -0.05) is 11.6 Å². The Balaban J connectivity index is 1.34. The summed E-state index contributed by atoms with van der Waals surface area (Å²) in [5.74, 6) is -2.14. The molecule has 3 aromatic rings. The quantitative estimate of drug-likeness (QED) is 0.429. The third-order valence-electron chi connectivity index (χ3n) is 5.57. The van der Waals surface area contributed by atoms with Crippen LogP contribution < -0.4 is 4.72 Å². The van der Waals surface area contributed by atoms with Crippen molar-refractivity contribution >= 4 is 45.1 Å². The summed E-state index contributed by atoms with van der Waals surface area (Å²) in [6.45, 7) is 0.405. The molecule has 1 aliphatic rings. The number of phenolic OH excluding ortho intramolecular Hbond substituents is 1. The molecule has 0 spiro atoms. The maximum atomic E-state index is 12.7. The summed E-state index contributed by atoms with van der Waals surface area (Å²) in [6.07, 6.45) is 1.40. The zero-order chi connectivity index (χ0) is 26.6. The van der Waals surface area contributed by atoms with E-state index in [-0.39, 0.29) is 48.4 Å². The number of rotatable bonds is 7. The number of hydrogen-bond acceptors (Lipinski definition) is 8. The SMILES string of the molecule is O=C(OCC(=O)N1CCN(C(=O)c2ccco2)CC1)c1cc(S(=O)(=O)Nc2ccc(Cl)cc2)ccc1O. The highest BCUT2D eigenvalue weighted by atomic mass is 35.5. The van der Waals surface area contributed by atoms with Crippen LogP contribution in [0.25, 0.3) is 0 Å². The number of phenols is 1. The molecule has 11 nitrogen and oxygen atoms in total. The van der Waals surface area contributed by atoms with Gasteiger partial charge in [-0.05, 0) is 54.6 Å². The Bertz CT molecular complexity index is 1400. The number of aromatic hydroxyl groups is 1. The molecule has 1 saturated heterocycles. The van der Waals surface area contributed by atoms with Gasteiger partial charge in [-0.15, -0.1) is 0 Å². The highest BCUT2D eigenvalue weighted by Crippen LogP contribution is 2.24. The van der Waals surface area contributed by atoms with Gasteiger partial charge >= 0.3 is 5.97 Å². The van der Waals surface area contributed by atoms with Gasteiger partial charge in [-0.25, -0.2) is 13.2 Å². The van der Waals surface area contributed by atoms with Crippen molar-refractivity contribution in [1.82, 2.24) is 9.80 Å². The van der Waals surface area contributed by atoms with Gasteiger partial charge in [-0.2, -0.15) is 0 Å². The molecule has 2 amide bonds. The molecule has 4 rings (SSSR count). The highest BCUT2D eigenvalue weighted by Gasteiger charge is 2.27. The lowest BCUT2D eigenvalue weighted by Crippen LogP contribution is -2.51. The Morgan fingerprint density at radius 2 is 1.68 bits per heavy atom. The van der Waals surface area contributed by atoms with Crippen LogP contribution in [0.15, 0.2) is 70.2 Å². The molecule has 0 aliphatic carbocycles. The number of amides is 2. The van der Waals surface area contributed by atoms with Crippen molar-refractivity contribution in [3.63, 3.8) is 0 Å². The smallest absolute Gasteiger partial charge is 0.342 e. The largest absolute Gasteiger partial charge is 0.507 e. The van der Waals surface area contributed by atoms with E-state index in [2.05, 4.69) is 4.72 Å². The molecule has 0 saturated carbocycles. The first-order valence-corrected chi connectivity index (χ1v) is 12.9. The van der Waals surface area contributed by atoms with Crippen molar-refractivity contribution < 1.29 is 37.1 Å². The molecule has 37 heavy (non-hydrogen) atoms. The zero-order valence-electron chi connectivity index (χ0n) is 19.3. The molecule has 0 unspecified atom stereocenters. The maximum absolute atomic E-state index is 12.7. The zero-order valence-corrected chi connectivity index (χ0v) is 20.9. The monoisotopic (exact) mass is 547 g/mol. The topological polar surface area (TPSA) is 146 Å². The Kier molecular flexibility index (Phi) is 7.69. The molecule has 13 heteroatoms. The Morgan fingerprint density at radius 1 is 1.00 bits per heavy atom. The van der Waals surface area contributed by atoms with E-state index in [1.807, 2.05) is 0 Å². The summed E-state index contributed by atoms with van der Waals surface area (Å²) in [5.41, 5.74) is -0.168. The fourth-order valence-electron chi connectivity index (χ4n) is 3.59. The molecular weight excluding hydrogens is 526 g/mol. The predicted molar refractivity (Wildman–Crippen MR) is 132 cm³/mol. The Morgan fingerprint density at radius 3 is 2.32 bits per heavy atom. The standard InChI is InChI=1S/C24H22ClN3O8S/c25-16-3-5-17(6-4-16)26-37(33,34)18-7-8-20(29)19(14-18)24(32)36-15-22(30)27-9-11-28(12-10-27)23(31)21-2-1-13-35-21/h1-8,13-14,26,29H,9-12,15H2. The van der Waals surface area contributed by atoms with Crippen LogP contribution in [0.3, 0.4) is 0 Å². The van der Waals surface area contributed by atoms with Gasteiger partial charge in [0, 0.05) is 36.9 Å². The van der Waals surface area contributed by atoms with Gasteiger partial charge in [-0.3, -0.25) is 14.3 Å². The summed E-state index contributed by atoms with van der Waals surface area (Å²) >= 11 is 5.81. The number of anilines is 1. The van der Waals surface area contributed by atoms with Gasteiger partial charge in [0.15, 0.2) is 12.4 Å². The highest BCUT2D eigenvalue weighted by molar-refractivity contribution is 7.92. The first-order chi connectivity index (χ1) is 17.6.